The molecule has 1 aromatic carbocycles. The number of Topliss-reactive ketones (excluding diaryl/α,β-unsaturated/α-hetero) is 2. The van der Waals surface area contributed by atoms with Crippen molar-refractivity contribution in [2.24, 2.45) is 23.0 Å². The second-order valence-electron chi connectivity index (χ2n) is 16.3. The molecule has 3 amide bonds. The number of nitrogens with zero attached hydrogens (tertiary/aromatic N) is 3. The van der Waals surface area contributed by atoms with Crippen LogP contribution in [0.1, 0.15) is 65.5 Å². The molecule has 3 aliphatic carbocycles. The van der Waals surface area contributed by atoms with Gasteiger partial charge in [-0.3, -0.25) is 33.7 Å². The number of phenolic OH excluding ortho intramolecular Hbond substituents is 1. The Labute approximate surface area is 319 Å². The number of aromatic hydroxyl groups is 1. The van der Waals surface area contributed by atoms with Crippen LogP contribution in [0.15, 0.2) is 23.0 Å². The summed E-state index contributed by atoms with van der Waals surface area (Å²) in [6, 6.07) is 0.253. The smallest absolute Gasteiger partial charge is 0.313 e. The standard InChI is InChI=1S/C38H53N5O12/c1-11-37(5,6)35(52)55-17-54-16-24(45)43(36(2,3)4)15-23(44)40-21-14-22(41(7)8)19-12-18-13-20-28(42(9)10)31(48)27(34(39)51)33(50)38(20,53)32(49)25(18)30(47)26(19)29(21)46/h14,18,20,28,46-47,50,53H,11-13,15-17H2,1-10H3,(H2,39,51)(H,40,44)/t18-,20-,28-,38-/m0/s1. The lowest BCUT2D eigenvalue weighted by Gasteiger charge is -2.50. The zero-order valence-electron chi connectivity index (χ0n) is 33.0. The second-order valence-corrected chi connectivity index (χ2v) is 16.3. The van der Waals surface area contributed by atoms with Gasteiger partial charge in [0.05, 0.1) is 22.7 Å². The Morgan fingerprint density at radius 3 is 2.18 bits per heavy atom. The molecule has 1 aromatic rings. The van der Waals surface area contributed by atoms with Gasteiger partial charge in [0.25, 0.3) is 5.91 Å². The molecule has 1 saturated carbocycles. The van der Waals surface area contributed by atoms with Gasteiger partial charge < -0.3 is 50.8 Å². The molecule has 0 spiro atoms. The summed E-state index contributed by atoms with van der Waals surface area (Å²) in [7, 11) is 6.42. The van der Waals surface area contributed by atoms with Gasteiger partial charge in [-0.25, -0.2) is 0 Å². The second kappa shape index (κ2) is 15.3. The van der Waals surface area contributed by atoms with Gasteiger partial charge >= 0.3 is 5.97 Å². The van der Waals surface area contributed by atoms with E-state index in [1.54, 1.807) is 53.6 Å². The summed E-state index contributed by atoms with van der Waals surface area (Å²) < 4.78 is 10.4. The molecule has 0 bridgehead atoms. The predicted molar refractivity (Wildman–Crippen MR) is 200 cm³/mol. The van der Waals surface area contributed by atoms with Gasteiger partial charge in [0, 0.05) is 36.8 Å². The summed E-state index contributed by atoms with van der Waals surface area (Å²) in [6.07, 6.45) is 0.494. The lowest BCUT2D eigenvalue weighted by molar-refractivity contribution is -0.170. The van der Waals surface area contributed by atoms with Crippen molar-refractivity contribution >= 4 is 52.4 Å². The van der Waals surface area contributed by atoms with E-state index in [9.17, 15) is 49.2 Å². The van der Waals surface area contributed by atoms with Crippen molar-refractivity contribution in [2.45, 2.75) is 78.0 Å². The highest BCUT2D eigenvalue weighted by Crippen LogP contribution is 2.54. The molecule has 1 fully saturated rings. The quantitative estimate of drug-likeness (QED) is 0.0580. The molecule has 0 aliphatic heterocycles. The van der Waals surface area contributed by atoms with Crippen molar-refractivity contribution in [1.29, 1.82) is 0 Å². The number of hydrogen-bond donors (Lipinski definition) is 6. The van der Waals surface area contributed by atoms with E-state index < -0.39 is 112 Å². The van der Waals surface area contributed by atoms with Crippen molar-refractivity contribution < 1.29 is 58.7 Å². The van der Waals surface area contributed by atoms with Crippen LogP contribution in [0.5, 0.6) is 5.75 Å². The summed E-state index contributed by atoms with van der Waals surface area (Å²) in [5.74, 6) is -9.74. The van der Waals surface area contributed by atoms with Crippen molar-refractivity contribution in [3.8, 4) is 5.75 Å². The first kappa shape index (κ1) is 42.7. The molecule has 0 saturated heterocycles. The number of nitrogens with two attached hydrogens (primary N) is 1. The average molecular weight is 772 g/mol. The highest BCUT2D eigenvalue weighted by Gasteiger charge is 2.64. The molecule has 4 rings (SSSR count). The van der Waals surface area contributed by atoms with Gasteiger partial charge in [0.15, 0.2) is 18.2 Å². The predicted octanol–water partition coefficient (Wildman–Crippen LogP) is 1.55. The summed E-state index contributed by atoms with van der Waals surface area (Å²) >= 11 is 0. The number of carbonyl (C=O) groups is 6. The van der Waals surface area contributed by atoms with E-state index in [0.29, 0.717) is 17.7 Å². The number of carbonyl (C=O) groups excluding carboxylic acids is 6. The summed E-state index contributed by atoms with van der Waals surface area (Å²) in [5, 5.41) is 49.0. The Hall–Kier alpha value is -5.00. The molecule has 7 N–H and O–H groups in total. The Morgan fingerprint density at radius 2 is 1.65 bits per heavy atom. The first-order valence-electron chi connectivity index (χ1n) is 17.9. The molecule has 17 heteroatoms. The van der Waals surface area contributed by atoms with Gasteiger partial charge in [-0.2, -0.15) is 0 Å². The highest BCUT2D eigenvalue weighted by atomic mass is 16.7. The molecule has 3 aliphatic rings. The Morgan fingerprint density at radius 1 is 1.04 bits per heavy atom. The van der Waals surface area contributed by atoms with E-state index in [1.807, 2.05) is 6.92 Å². The number of aliphatic hydroxyl groups is 3. The minimum Gasteiger partial charge on any atom is -0.508 e. The van der Waals surface area contributed by atoms with Crippen LogP contribution in [0.3, 0.4) is 0 Å². The molecular weight excluding hydrogens is 718 g/mol. The number of aliphatic hydroxyl groups excluding tert-OH is 2. The van der Waals surface area contributed by atoms with Crippen molar-refractivity contribution in [3.63, 3.8) is 0 Å². The number of rotatable bonds is 12. The maximum absolute atomic E-state index is 14.3. The fourth-order valence-corrected chi connectivity index (χ4v) is 7.46. The number of esters is 1. The van der Waals surface area contributed by atoms with Gasteiger partial charge in [-0.1, -0.05) is 6.92 Å². The van der Waals surface area contributed by atoms with Crippen LogP contribution in [-0.2, 0) is 44.7 Å². The molecule has 17 nitrogen and oxygen atoms in total. The van der Waals surface area contributed by atoms with Crippen LogP contribution in [0.25, 0.3) is 5.76 Å². The Bertz CT molecular complexity index is 1870. The zero-order valence-corrected chi connectivity index (χ0v) is 33.0. The maximum atomic E-state index is 14.3. The first-order chi connectivity index (χ1) is 25.3. The summed E-state index contributed by atoms with van der Waals surface area (Å²) in [4.78, 5) is 83.3. The Balaban J connectivity index is 1.68. The number of primary amides is 1. The Kier molecular flexibility index (Phi) is 11.9. The van der Waals surface area contributed by atoms with Crippen LogP contribution >= 0.6 is 0 Å². The number of likely N-dealkylation sites (N-methyl/N-ethyl adjacent to an activating group) is 1. The number of phenols is 1. The van der Waals surface area contributed by atoms with Crippen LogP contribution in [0.4, 0.5) is 11.4 Å². The topological polar surface area (TPSA) is 250 Å². The van der Waals surface area contributed by atoms with Crippen molar-refractivity contribution in [3.05, 3.63) is 34.1 Å². The third-order valence-electron chi connectivity index (χ3n) is 10.8. The number of ether oxygens (including phenoxy) is 2. The number of fused-ring (bicyclic) bond motifs is 3. The largest absolute Gasteiger partial charge is 0.508 e. The van der Waals surface area contributed by atoms with E-state index >= 15 is 0 Å². The number of nitrogens with one attached hydrogen (secondary N) is 1. The highest BCUT2D eigenvalue weighted by molar-refractivity contribution is 6.24. The fraction of sp³-hybridized carbons (Fsp3) is 0.579. The summed E-state index contributed by atoms with van der Waals surface area (Å²) in [5.41, 5.74) is 0.189. The van der Waals surface area contributed by atoms with Crippen molar-refractivity contribution in [1.82, 2.24) is 9.80 Å². The van der Waals surface area contributed by atoms with Gasteiger partial charge in [-0.05, 0) is 85.5 Å². The van der Waals surface area contributed by atoms with Crippen LogP contribution in [-0.4, -0.2) is 131 Å². The molecule has 302 valence electrons. The van der Waals surface area contributed by atoms with Gasteiger partial charge in [0.2, 0.25) is 17.6 Å². The number of hydrogen-bond acceptors (Lipinski definition) is 14. The number of anilines is 2. The van der Waals surface area contributed by atoms with Gasteiger partial charge in [-0.15, -0.1) is 0 Å². The third-order valence-corrected chi connectivity index (χ3v) is 10.8. The minimum absolute atomic E-state index is 0.0430. The fourth-order valence-electron chi connectivity index (χ4n) is 7.46. The maximum Gasteiger partial charge on any atom is 0.313 e. The molecule has 0 aromatic heterocycles. The third kappa shape index (κ3) is 7.64. The zero-order chi connectivity index (χ0) is 41.7. The molecule has 0 radical (unpaired) electrons. The van der Waals surface area contributed by atoms with E-state index in [-0.39, 0.29) is 29.7 Å². The first-order valence-corrected chi connectivity index (χ1v) is 17.9. The van der Waals surface area contributed by atoms with Crippen LogP contribution in [0.2, 0.25) is 0 Å². The SMILES string of the molecule is CCC(C)(C)C(=O)OCOCC(=O)N(CC(=O)Nc1cc(N(C)C)c2c(c1O)C(O)=C1C(=O)[C@]3(O)C(O)=C(C(N)=O)C(=O)[C@@H](N(C)C)[C@@H]3C[C@@H]1C2)C(C)(C)C. The molecule has 0 unspecified atom stereocenters. The average Bonchev–Trinajstić information content (AvgIpc) is 3.07. The van der Waals surface area contributed by atoms with Crippen LogP contribution < -0.4 is 16.0 Å². The normalized spacial score (nSPS) is 22.5. The molecule has 0 heterocycles. The summed E-state index contributed by atoms with van der Waals surface area (Å²) in [6.45, 7) is 8.91. The monoisotopic (exact) mass is 771 g/mol. The molecule has 55 heavy (non-hydrogen) atoms. The molecule has 4 atom stereocenters. The van der Waals surface area contributed by atoms with E-state index in [0.717, 1.165) is 0 Å². The lowest BCUT2D eigenvalue weighted by atomic mass is 9.57. The minimum atomic E-state index is -2.81. The van der Waals surface area contributed by atoms with Gasteiger partial charge in [0.1, 0.15) is 36.0 Å². The number of amides is 3. The van der Waals surface area contributed by atoms with Crippen molar-refractivity contribution in [2.75, 3.05) is 58.4 Å². The number of benzene rings is 1. The molecular formula is C38H53N5O12. The number of ketones is 2. The van der Waals surface area contributed by atoms with Crippen LogP contribution in [0, 0.1) is 17.3 Å². The lowest BCUT2D eigenvalue weighted by Crippen LogP contribution is -2.65. The van der Waals surface area contributed by atoms with E-state index in [2.05, 4.69) is 5.32 Å². The van der Waals surface area contributed by atoms with E-state index in [4.69, 9.17) is 15.2 Å². The van der Waals surface area contributed by atoms with E-state index in [1.165, 1.54) is 30.0 Å².